The maximum absolute atomic E-state index is 11.4. The molecule has 0 aliphatic carbocycles. The van der Waals surface area contributed by atoms with Gasteiger partial charge in [-0.05, 0) is 20.8 Å². The lowest BCUT2D eigenvalue weighted by Crippen LogP contribution is -2.36. The highest BCUT2D eigenvalue weighted by molar-refractivity contribution is 9.10. The van der Waals surface area contributed by atoms with Gasteiger partial charge in [0.1, 0.15) is 0 Å². The number of carbonyl (C=O) groups excluding carboxylic acids is 1. The van der Waals surface area contributed by atoms with Gasteiger partial charge in [0.15, 0.2) is 5.76 Å². The summed E-state index contributed by atoms with van der Waals surface area (Å²) in [5.41, 5.74) is 0.812. The van der Waals surface area contributed by atoms with E-state index in [1.165, 1.54) is 0 Å². The van der Waals surface area contributed by atoms with Crippen molar-refractivity contribution in [3.63, 3.8) is 0 Å². The van der Waals surface area contributed by atoms with Crippen LogP contribution in [0, 0.1) is 6.92 Å². The highest BCUT2D eigenvalue weighted by atomic mass is 79.9. The van der Waals surface area contributed by atoms with Gasteiger partial charge in [-0.15, -0.1) is 0 Å². The van der Waals surface area contributed by atoms with Crippen LogP contribution in [0.25, 0.3) is 0 Å². The third-order valence-electron chi connectivity index (χ3n) is 1.64. The Labute approximate surface area is 91.2 Å². The minimum Gasteiger partial charge on any atom is -0.359 e. The SMILES string of the molecule is Cc1cc(CNC(=O)C(C)(C)Br)on1. The second-order valence-electron chi connectivity index (χ2n) is 3.59. The smallest absolute Gasteiger partial charge is 0.236 e. The molecule has 0 radical (unpaired) electrons. The minimum absolute atomic E-state index is 0.0773. The van der Waals surface area contributed by atoms with Gasteiger partial charge < -0.3 is 9.84 Å². The van der Waals surface area contributed by atoms with Gasteiger partial charge in [-0.2, -0.15) is 0 Å². The lowest BCUT2D eigenvalue weighted by Gasteiger charge is -2.14. The molecule has 1 rings (SSSR count). The summed E-state index contributed by atoms with van der Waals surface area (Å²) in [4.78, 5) is 11.4. The van der Waals surface area contributed by atoms with Crippen molar-refractivity contribution in [3.8, 4) is 0 Å². The van der Waals surface area contributed by atoms with Crippen LogP contribution < -0.4 is 5.32 Å². The number of alkyl halides is 1. The number of rotatable bonds is 3. The Hall–Kier alpha value is -0.840. The van der Waals surface area contributed by atoms with Gasteiger partial charge in [-0.1, -0.05) is 21.1 Å². The summed E-state index contributed by atoms with van der Waals surface area (Å²) in [6, 6.07) is 1.79. The molecule has 5 heteroatoms. The lowest BCUT2D eigenvalue weighted by atomic mass is 10.2. The number of nitrogens with zero attached hydrogens (tertiary/aromatic N) is 1. The normalized spacial score (nSPS) is 11.4. The Morgan fingerprint density at radius 3 is 2.79 bits per heavy atom. The first-order valence-corrected chi connectivity index (χ1v) is 5.08. The number of halogens is 1. The summed E-state index contributed by atoms with van der Waals surface area (Å²) in [5, 5.41) is 6.45. The van der Waals surface area contributed by atoms with E-state index in [2.05, 4.69) is 26.4 Å². The molecule has 1 N–H and O–H groups in total. The van der Waals surface area contributed by atoms with E-state index in [1.807, 2.05) is 6.92 Å². The van der Waals surface area contributed by atoms with Crippen molar-refractivity contribution in [1.29, 1.82) is 0 Å². The maximum atomic E-state index is 11.4. The zero-order chi connectivity index (χ0) is 10.8. The van der Waals surface area contributed by atoms with Crippen LogP contribution in [0.2, 0.25) is 0 Å². The molecule has 0 unspecified atom stereocenters. The van der Waals surface area contributed by atoms with Crippen LogP contribution in [-0.4, -0.2) is 15.4 Å². The molecular weight excluding hydrogens is 248 g/mol. The Balaban J connectivity index is 2.46. The topological polar surface area (TPSA) is 55.1 Å². The second-order valence-corrected chi connectivity index (χ2v) is 5.57. The molecule has 0 saturated carbocycles. The highest BCUT2D eigenvalue weighted by Crippen LogP contribution is 2.15. The molecule has 0 fully saturated rings. The summed E-state index contributed by atoms with van der Waals surface area (Å²) >= 11 is 3.26. The molecule has 1 aromatic rings. The van der Waals surface area contributed by atoms with E-state index in [0.29, 0.717) is 12.3 Å². The van der Waals surface area contributed by atoms with Gasteiger partial charge in [-0.25, -0.2) is 0 Å². The van der Waals surface area contributed by atoms with Crippen molar-refractivity contribution < 1.29 is 9.32 Å². The first-order chi connectivity index (χ1) is 6.39. The second kappa shape index (κ2) is 4.13. The molecule has 0 spiro atoms. The zero-order valence-electron chi connectivity index (χ0n) is 8.43. The van der Waals surface area contributed by atoms with Crippen molar-refractivity contribution >= 4 is 21.8 Å². The Morgan fingerprint density at radius 1 is 1.71 bits per heavy atom. The minimum atomic E-state index is -0.554. The van der Waals surface area contributed by atoms with Crippen molar-refractivity contribution in [1.82, 2.24) is 10.5 Å². The largest absolute Gasteiger partial charge is 0.359 e. The van der Waals surface area contributed by atoms with Crippen LogP contribution in [-0.2, 0) is 11.3 Å². The molecule has 1 amide bonds. The van der Waals surface area contributed by atoms with Crippen molar-refractivity contribution in [2.75, 3.05) is 0 Å². The average molecular weight is 261 g/mol. The summed E-state index contributed by atoms with van der Waals surface area (Å²) in [5.74, 6) is 0.583. The molecule has 78 valence electrons. The summed E-state index contributed by atoms with van der Waals surface area (Å²) < 4.78 is 4.39. The summed E-state index contributed by atoms with van der Waals surface area (Å²) in [7, 11) is 0. The molecule has 0 atom stereocenters. The van der Waals surface area contributed by atoms with Gasteiger partial charge in [0.2, 0.25) is 5.91 Å². The Morgan fingerprint density at radius 2 is 2.36 bits per heavy atom. The third-order valence-corrected chi connectivity index (χ3v) is 2.00. The number of hydrogen-bond donors (Lipinski definition) is 1. The van der Waals surface area contributed by atoms with E-state index in [1.54, 1.807) is 19.9 Å². The summed E-state index contributed by atoms with van der Waals surface area (Å²) in [6.45, 7) is 5.78. The monoisotopic (exact) mass is 260 g/mol. The molecule has 0 aromatic carbocycles. The number of hydrogen-bond acceptors (Lipinski definition) is 3. The molecular formula is C9H13BrN2O2. The molecule has 0 saturated heterocycles. The standard InChI is InChI=1S/C9H13BrN2O2/c1-6-4-7(14-12-6)5-11-8(13)9(2,3)10/h4H,5H2,1-3H3,(H,11,13). The first-order valence-electron chi connectivity index (χ1n) is 4.29. The maximum Gasteiger partial charge on any atom is 0.236 e. The third kappa shape index (κ3) is 3.14. The van der Waals surface area contributed by atoms with Crippen molar-refractivity contribution in [2.24, 2.45) is 0 Å². The molecule has 0 bridgehead atoms. The number of aryl methyl sites for hydroxylation is 1. The number of amides is 1. The van der Waals surface area contributed by atoms with Crippen LogP contribution in [0.1, 0.15) is 25.3 Å². The molecule has 0 aliphatic rings. The van der Waals surface area contributed by atoms with Crippen LogP contribution in [0.3, 0.4) is 0 Å². The fraction of sp³-hybridized carbons (Fsp3) is 0.556. The molecule has 0 aliphatic heterocycles. The van der Waals surface area contributed by atoms with E-state index in [0.717, 1.165) is 5.69 Å². The predicted octanol–water partition coefficient (Wildman–Crippen LogP) is 1.77. The fourth-order valence-electron chi connectivity index (χ4n) is 0.877. The van der Waals surface area contributed by atoms with Crippen LogP contribution in [0.4, 0.5) is 0 Å². The Kier molecular flexibility index (Phi) is 3.31. The van der Waals surface area contributed by atoms with E-state index in [-0.39, 0.29) is 5.91 Å². The molecule has 4 nitrogen and oxygen atoms in total. The zero-order valence-corrected chi connectivity index (χ0v) is 10.0. The number of nitrogens with one attached hydrogen (secondary N) is 1. The van der Waals surface area contributed by atoms with Crippen molar-refractivity contribution in [3.05, 3.63) is 17.5 Å². The van der Waals surface area contributed by atoms with Crippen LogP contribution in [0.15, 0.2) is 10.6 Å². The van der Waals surface area contributed by atoms with E-state index >= 15 is 0 Å². The summed E-state index contributed by atoms with van der Waals surface area (Å²) in [6.07, 6.45) is 0. The van der Waals surface area contributed by atoms with Gasteiger partial charge in [0.25, 0.3) is 0 Å². The van der Waals surface area contributed by atoms with Crippen molar-refractivity contribution in [2.45, 2.75) is 31.6 Å². The first kappa shape index (κ1) is 11.2. The van der Waals surface area contributed by atoms with Crippen LogP contribution in [0.5, 0.6) is 0 Å². The van der Waals surface area contributed by atoms with Gasteiger partial charge >= 0.3 is 0 Å². The predicted molar refractivity (Wildman–Crippen MR) is 56.1 cm³/mol. The van der Waals surface area contributed by atoms with Gasteiger partial charge in [-0.3, -0.25) is 4.79 Å². The lowest BCUT2D eigenvalue weighted by molar-refractivity contribution is -0.122. The fourth-order valence-corrected chi connectivity index (χ4v) is 1.02. The molecule has 1 aromatic heterocycles. The number of aromatic nitrogens is 1. The molecule has 14 heavy (non-hydrogen) atoms. The number of carbonyl (C=O) groups is 1. The Bertz CT molecular complexity index is 328. The quantitative estimate of drug-likeness (QED) is 0.843. The average Bonchev–Trinajstić information content (AvgIpc) is 2.45. The van der Waals surface area contributed by atoms with E-state index in [4.69, 9.17) is 4.52 Å². The van der Waals surface area contributed by atoms with E-state index in [9.17, 15) is 4.79 Å². The van der Waals surface area contributed by atoms with E-state index < -0.39 is 4.32 Å². The highest BCUT2D eigenvalue weighted by Gasteiger charge is 2.23. The van der Waals surface area contributed by atoms with Crippen LogP contribution >= 0.6 is 15.9 Å². The molecule has 1 heterocycles. The van der Waals surface area contributed by atoms with Gasteiger partial charge in [0, 0.05) is 6.07 Å². The van der Waals surface area contributed by atoms with Gasteiger partial charge in [0.05, 0.1) is 16.6 Å².